The third-order valence-corrected chi connectivity index (χ3v) is 7.33. The lowest BCUT2D eigenvalue weighted by Gasteiger charge is -2.18. The quantitative estimate of drug-likeness (QED) is 0.203. The molecule has 1 aromatic heterocycles. The van der Waals surface area contributed by atoms with Crippen molar-refractivity contribution in [3.8, 4) is 0 Å². The van der Waals surface area contributed by atoms with Crippen molar-refractivity contribution >= 4 is 29.7 Å². The van der Waals surface area contributed by atoms with Gasteiger partial charge in [-0.1, -0.05) is 44.2 Å². The second-order valence-electron chi connectivity index (χ2n) is 8.66. The van der Waals surface area contributed by atoms with Gasteiger partial charge in [0.05, 0.1) is 11.1 Å². The van der Waals surface area contributed by atoms with Gasteiger partial charge in [-0.15, -0.1) is 0 Å². The zero-order valence-electron chi connectivity index (χ0n) is 22.9. The molecule has 0 radical (unpaired) electrons. The minimum Gasteiger partial charge on any atom is -0.358 e. The third-order valence-electron chi connectivity index (χ3n) is 6.39. The summed E-state index contributed by atoms with van der Waals surface area (Å²) in [5, 5.41) is 6.02. The van der Waals surface area contributed by atoms with Crippen LogP contribution in [-0.4, -0.2) is 59.4 Å². The van der Waals surface area contributed by atoms with Crippen LogP contribution in [0, 0.1) is 13.8 Å². The molecular formula is C29H42N4O2S. The number of H-pyrrole nitrogens is 1. The fraction of sp³-hybridized carbons (Fsp3) is 0.448. The highest BCUT2D eigenvalue weighted by atomic mass is 32.2. The average Bonchev–Trinajstić information content (AvgIpc) is 3.32. The van der Waals surface area contributed by atoms with E-state index in [1.54, 1.807) is 0 Å². The predicted octanol–water partition coefficient (Wildman–Crippen LogP) is 5.30. The SMILES string of the molecule is C/C=C\C(=C/C)CSC/C=C1C(=C/c2[nH]c(C)c(C(=O)NCCN(CC)CC)c2C)/C(=O)NC/1=C/C. The Labute approximate surface area is 221 Å². The average molecular weight is 511 g/mol. The Morgan fingerprint density at radius 3 is 2.44 bits per heavy atom. The summed E-state index contributed by atoms with van der Waals surface area (Å²) in [5.74, 6) is 1.49. The summed E-state index contributed by atoms with van der Waals surface area (Å²) in [7, 11) is 0. The van der Waals surface area contributed by atoms with E-state index in [9.17, 15) is 9.59 Å². The molecule has 0 unspecified atom stereocenters. The first-order chi connectivity index (χ1) is 17.3. The molecule has 1 saturated heterocycles. The van der Waals surface area contributed by atoms with E-state index in [2.05, 4.69) is 52.6 Å². The number of likely N-dealkylation sites (N-methyl/N-ethyl adjacent to an activating group) is 1. The number of aryl methyl sites for hydroxylation is 1. The van der Waals surface area contributed by atoms with Crippen LogP contribution in [0.3, 0.4) is 0 Å². The van der Waals surface area contributed by atoms with Gasteiger partial charge in [0, 0.05) is 47.3 Å². The van der Waals surface area contributed by atoms with Gasteiger partial charge in [0.25, 0.3) is 11.8 Å². The summed E-state index contributed by atoms with van der Waals surface area (Å²) in [4.78, 5) is 31.4. The second kappa shape index (κ2) is 14.7. The molecule has 196 valence electrons. The van der Waals surface area contributed by atoms with Crippen LogP contribution in [0.25, 0.3) is 6.08 Å². The zero-order chi connectivity index (χ0) is 26.7. The van der Waals surface area contributed by atoms with Crippen molar-refractivity contribution in [1.82, 2.24) is 20.5 Å². The molecule has 2 amide bonds. The summed E-state index contributed by atoms with van der Waals surface area (Å²) in [6.07, 6.45) is 12.2. The van der Waals surface area contributed by atoms with E-state index in [0.717, 1.165) is 59.4 Å². The lowest BCUT2D eigenvalue weighted by molar-refractivity contribution is -0.115. The van der Waals surface area contributed by atoms with Gasteiger partial charge in [0.2, 0.25) is 0 Å². The molecule has 1 aromatic rings. The smallest absolute Gasteiger partial charge is 0.256 e. The maximum atomic E-state index is 12.9. The molecule has 0 aliphatic carbocycles. The molecule has 3 N–H and O–H groups in total. The molecule has 0 bridgehead atoms. The summed E-state index contributed by atoms with van der Waals surface area (Å²) in [5.41, 5.74) is 6.70. The third kappa shape index (κ3) is 7.61. The Morgan fingerprint density at radius 2 is 1.83 bits per heavy atom. The van der Waals surface area contributed by atoms with Gasteiger partial charge in [-0.2, -0.15) is 11.8 Å². The molecule has 7 heteroatoms. The summed E-state index contributed by atoms with van der Waals surface area (Å²) >= 11 is 1.81. The first-order valence-electron chi connectivity index (χ1n) is 12.8. The molecule has 0 spiro atoms. The van der Waals surface area contributed by atoms with Crippen LogP contribution in [0.4, 0.5) is 0 Å². The van der Waals surface area contributed by atoms with E-state index in [4.69, 9.17) is 0 Å². The van der Waals surface area contributed by atoms with Gasteiger partial charge in [-0.3, -0.25) is 9.59 Å². The standard InChI is InChI=1S/C29H42N4O2S/c1-8-13-22(9-2)19-36-17-14-23-24(28(34)32-25(23)10-3)18-26-20(6)27(21(7)31-26)29(35)30-15-16-33(11-4)12-5/h8-10,13-14,18,31H,11-12,15-17,19H2,1-7H3,(H,30,35)(H,32,34)/b13-8-,22-9+,23-14-,24-18-,25-10+. The molecule has 2 rings (SSSR count). The van der Waals surface area contributed by atoms with Gasteiger partial charge in [-0.05, 0) is 64.9 Å². The monoisotopic (exact) mass is 510 g/mol. The van der Waals surface area contributed by atoms with Crippen LogP contribution >= 0.6 is 11.8 Å². The Hall–Kier alpha value is -2.77. The Morgan fingerprint density at radius 1 is 1.11 bits per heavy atom. The summed E-state index contributed by atoms with van der Waals surface area (Å²) < 4.78 is 0. The number of aromatic amines is 1. The van der Waals surface area contributed by atoms with Gasteiger partial charge in [-0.25, -0.2) is 0 Å². The lowest BCUT2D eigenvalue weighted by Crippen LogP contribution is -2.35. The number of nitrogens with zero attached hydrogens (tertiary/aromatic N) is 1. The highest BCUT2D eigenvalue weighted by Gasteiger charge is 2.27. The van der Waals surface area contributed by atoms with Crippen LogP contribution in [0.2, 0.25) is 0 Å². The zero-order valence-corrected chi connectivity index (χ0v) is 23.7. The lowest BCUT2D eigenvalue weighted by atomic mass is 10.0. The normalized spacial score (nSPS) is 17.8. The van der Waals surface area contributed by atoms with Crippen molar-refractivity contribution in [2.24, 2.45) is 0 Å². The Balaban J connectivity index is 2.24. The van der Waals surface area contributed by atoms with E-state index in [1.807, 2.05) is 64.6 Å². The molecular weight excluding hydrogens is 468 g/mol. The predicted molar refractivity (Wildman–Crippen MR) is 154 cm³/mol. The van der Waals surface area contributed by atoms with Crippen molar-refractivity contribution < 1.29 is 9.59 Å². The van der Waals surface area contributed by atoms with E-state index in [1.165, 1.54) is 5.57 Å². The minimum atomic E-state index is -0.126. The fourth-order valence-corrected chi connectivity index (χ4v) is 5.14. The number of amides is 2. The van der Waals surface area contributed by atoms with Gasteiger partial charge in [0.15, 0.2) is 0 Å². The number of aromatic nitrogens is 1. The number of hydrogen-bond donors (Lipinski definition) is 3. The number of allylic oxidation sites excluding steroid dienone is 5. The molecule has 1 aliphatic rings. The molecule has 0 atom stereocenters. The summed E-state index contributed by atoms with van der Waals surface area (Å²) in [6, 6.07) is 0. The fourth-order valence-electron chi connectivity index (χ4n) is 4.24. The van der Waals surface area contributed by atoms with Crippen LogP contribution in [-0.2, 0) is 4.79 Å². The number of hydrogen-bond acceptors (Lipinski definition) is 4. The number of carbonyl (C=O) groups is 2. The van der Waals surface area contributed by atoms with Crippen LogP contribution in [0.15, 0.2) is 52.8 Å². The highest BCUT2D eigenvalue weighted by molar-refractivity contribution is 7.99. The molecule has 1 aliphatic heterocycles. The molecule has 36 heavy (non-hydrogen) atoms. The Kier molecular flexibility index (Phi) is 12.0. The van der Waals surface area contributed by atoms with Gasteiger partial charge >= 0.3 is 0 Å². The number of rotatable bonds is 12. The van der Waals surface area contributed by atoms with Crippen molar-refractivity contribution in [3.05, 3.63) is 75.3 Å². The Bertz CT molecular complexity index is 1080. The molecule has 0 aromatic carbocycles. The highest BCUT2D eigenvalue weighted by Crippen LogP contribution is 2.30. The van der Waals surface area contributed by atoms with Crippen molar-refractivity contribution in [2.75, 3.05) is 37.7 Å². The van der Waals surface area contributed by atoms with Gasteiger partial charge < -0.3 is 20.5 Å². The molecule has 0 saturated carbocycles. The van der Waals surface area contributed by atoms with Crippen molar-refractivity contribution in [1.29, 1.82) is 0 Å². The van der Waals surface area contributed by atoms with E-state index >= 15 is 0 Å². The van der Waals surface area contributed by atoms with Crippen molar-refractivity contribution in [2.45, 2.75) is 48.5 Å². The van der Waals surface area contributed by atoms with Crippen LogP contribution < -0.4 is 10.6 Å². The number of carbonyl (C=O) groups excluding carboxylic acids is 2. The minimum absolute atomic E-state index is 0.0869. The van der Waals surface area contributed by atoms with E-state index < -0.39 is 0 Å². The number of nitrogens with one attached hydrogen (secondary N) is 3. The molecule has 2 heterocycles. The number of thioether (sulfide) groups is 1. The summed E-state index contributed by atoms with van der Waals surface area (Å²) in [6.45, 7) is 17.4. The van der Waals surface area contributed by atoms with Crippen LogP contribution in [0.5, 0.6) is 0 Å². The first-order valence-corrected chi connectivity index (χ1v) is 13.9. The molecule has 1 fully saturated rings. The van der Waals surface area contributed by atoms with Crippen LogP contribution in [0.1, 0.15) is 61.9 Å². The van der Waals surface area contributed by atoms with E-state index in [-0.39, 0.29) is 11.8 Å². The largest absolute Gasteiger partial charge is 0.358 e. The van der Waals surface area contributed by atoms with Gasteiger partial charge in [0.1, 0.15) is 0 Å². The molecule has 6 nitrogen and oxygen atoms in total. The first kappa shape index (κ1) is 29.5. The maximum absolute atomic E-state index is 12.9. The van der Waals surface area contributed by atoms with Crippen molar-refractivity contribution in [3.63, 3.8) is 0 Å². The maximum Gasteiger partial charge on any atom is 0.256 e. The van der Waals surface area contributed by atoms with E-state index in [0.29, 0.717) is 17.7 Å². The second-order valence-corrected chi connectivity index (χ2v) is 9.69. The topological polar surface area (TPSA) is 77.2 Å².